The van der Waals surface area contributed by atoms with Gasteiger partial charge in [0.15, 0.2) is 0 Å². The molecule has 2 atom stereocenters. The second-order valence-electron chi connectivity index (χ2n) is 7.20. The number of ketones is 1. The van der Waals surface area contributed by atoms with E-state index in [1.807, 2.05) is 0 Å². The van der Waals surface area contributed by atoms with Crippen LogP contribution in [-0.2, 0) is 28.4 Å². The fourth-order valence-corrected chi connectivity index (χ4v) is 3.91. The standard InChI is InChI=1S/C18H19F6NO2/c1-9(2)16(15(25)27)4-3-14(26)13(16)7-10-5-11(17(19,20)21)8-12(6-10)18(22,23)24/h5-6,8-9,13H,3-4,7H2,1-2H3,(H2,25,27). The van der Waals surface area contributed by atoms with Crippen molar-refractivity contribution in [2.75, 3.05) is 0 Å². The normalized spacial score (nSPS) is 23.9. The molecule has 2 unspecified atom stereocenters. The lowest BCUT2D eigenvalue weighted by molar-refractivity contribution is -0.143. The minimum Gasteiger partial charge on any atom is -0.369 e. The lowest BCUT2D eigenvalue weighted by Crippen LogP contribution is -2.46. The second kappa shape index (κ2) is 6.83. The molecule has 1 amide bonds. The van der Waals surface area contributed by atoms with Gasteiger partial charge in [0.2, 0.25) is 5.91 Å². The Morgan fingerprint density at radius 2 is 1.59 bits per heavy atom. The highest BCUT2D eigenvalue weighted by Gasteiger charge is 2.54. The first-order valence-electron chi connectivity index (χ1n) is 8.30. The minimum atomic E-state index is -4.98. The van der Waals surface area contributed by atoms with E-state index in [4.69, 9.17) is 5.73 Å². The Bertz CT molecular complexity index is 721. The van der Waals surface area contributed by atoms with Crippen LogP contribution < -0.4 is 5.73 Å². The summed E-state index contributed by atoms with van der Waals surface area (Å²) in [4.78, 5) is 24.4. The Morgan fingerprint density at radius 3 is 1.96 bits per heavy atom. The van der Waals surface area contributed by atoms with E-state index in [2.05, 4.69) is 0 Å². The molecule has 9 heteroatoms. The zero-order chi connectivity index (χ0) is 20.8. The third-order valence-electron chi connectivity index (χ3n) is 5.37. The van der Waals surface area contributed by atoms with Gasteiger partial charge >= 0.3 is 12.4 Å². The number of nitrogens with two attached hydrogens (primary N) is 1. The summed E-state index contributed by atoms with van der Waals surface area (Å²) in [5, 5.41) is 0. The number of hydrogen-bond donors (Lipinski definition) is 1. The average molecular weight is 395 g/mol. The van der Waals surface area contributed by atoms with Crippen molar-refractivity contribution >= 4 is 11.7 Å². The number of carbonyl (C=O) groups excluding carboxylic acids is 2. The third-order valence-corrected chi connectivity index (χ3v) is 5.37. The number of carbonyl (C=O) groups is 2. The largest absolute Gasteiger partial charge is 0.416 e. The summed E-state index contributed by atoms with van der Waals surface area (Å²) in [6.45, 7) is 3.31. The molecule has 1 aromatic rings. The van der Waals surface area contributed by atoms with Crippen LogP contribution in [0.25, 0.3) is 0 Å². The van der Waals surface area contributed by atoms with Gasteiger partial charge in [-0.1, -0.05) is 13.8 Å². The third kappa shape index (κ3) is 3.96. The molecule has 1 aliphatic carbocycles. The maximum Gasteiger partial charge on any atom is 0.416 e. The van der Waals surface area contributed by atoms with Crippen LogP contribution >= 0.6 is 0 Å². The minimum absolute atomic E-state index is 0.0108. The molecular formula is C18H19F6NO2. The summed E-state index contributed by atoms with van der Waals surface area (Å²) in [5.41, 5.74) is 0.993. The fraction of sp³-hybridized carbons (Fsp3) is 0.556. The van der Waals surface area contributed by atoms with E-state index in [1.54, 1.807) is 13.8 Å². The lowest BCUT2D eigenvalue weighted by atomic mass is 9.67. The Balaban J connectivity index is 2.55. The number of Topliss-reactive ketones (excluding diaryl/α,β-unsaturated/α-hetero) is 1. The van der Waals surface area contributed by atoms with Crippen LogP contribution in [0.2, 0.25) is 0 Å². The molecule has 1 saturated carbocycles. The zero-order valence-corrected chi connectivity index (χ0v) is 14.7. The Hall–Kier alpha value is -2.06. The molecule has 2 N–H and O–H groups in total. The SMILES string of the molecule is CC(C)C1(C(N)=O)CCC(=O)C1Cc1cc(C(F)(F)F)cc(C(F)(F)F)c1. The molecule has 1 fully saturated rings. The Kier molecular flexibility index (Phi) is 5.38. The zero-order valence-electron chi connectivity index (χ0n) is 14.7. The summed E-state index contributed by atoms with van der Waals surface area (Å²) in [6, 6.07) is 1.21. The van der Waals surface area contributed by atoms with Gasteiger partial charge in [-0.25, -0.2) is 0 Å². The number of benzene rings is 1. The van der Waals surface area contributed by atoms with Crippen LogP contribution in [0.15, 0.2) is 18.2 Å². The molecular weight excluding hydrogens is 376 g/mol. The van der Waals surface area contributed by atoms with Crippen LogP contribution in [-0.4, -0.2) is 11.7 Å². The molecule has 0 saturated heterocycles. The van der Waals surface area contributed by atoms with Crippen molar-refractivity contribution in [2.45, 2.75) is 45.5 Å². The first-order valence-corrected chi connectivity index (χ1v) is 8.30. The summed E-state index contributed by atoms with van der Waals surface area (Å²) < 4.78 is 78.2. The lowest BCUT2D eigenvalue weighted by Gasteiger charge is -2.35. The molecule has 3 nitrogen and oxygen atoms in total. The molecule has 1 aliphatic rings. The van der Waals surface area contributed by atoms with Crippen molar-refractivity contribution in [3.63, 3.8) is 0 Å². The number of hydrogen-bond acceptors (Lipinski definition) is 2. The van der Waals surface area contributed by atoms with Crippen LogP contribution in [0.5, 0.6) is 0 Å². The van der Waals surface area contributed by atoms with Gasteiger partial charge in [-0.05, 0) is 42.5 Å². The van der Waals surface area contributed by atoms with E-state index < -0.39 is 47.1 Å². The predicted molar refractivity (Wildman–Crippen MR) is 84.3 cm³/mol. The van der Waals surface area contributed by atoms with E-state index >= 15 is 0 Å². The number of rotatable bonds is 4. The maximum absolute atomic E-state index is 13.0. The summed E-state index contributed by atoms with van der Waals surface area (Å²) >= 11 is 0. The molecule has 0 heterocycles. The molecule has 0 bridgehead atoms. The van der Waals surface area contributed by atoms with Gasteiger partial charge in [-0.15, -0.1) is 0 Å². The van der Waals surface area contributed by atoms with E-state index in [1.165, 1.54) is 0 Å². The van der Waals surface area contributed by atoms with Crippen LogP contribution in [0.3, 0.4) is 0 Å². The first kappa shape index (κ1) is 21.2. The molecule has 2 rings (SSSR count). The molecule has 0 aliphatic heterocycles. The number of amides is 1. The quantitative estimate of drug-likeness (QED) is 0.770. The van der Waals surface area contributed by atoms with Crippen molar-refractivity contribution in [3.05, 3.63) is 34.9 Å². The van der Waals surface area contributed by atoms with Gasteiger partial charge in [0.05, 0.1) is 16.5 Å². The van der Waals surface area contributed by atoms with Gasteiger partial charge in [0.25, 0.3) is 0 Å². The van der Waals surface area contributed by atoms with Crippen molar-refractivity contribution in [2.24, 2.45) is 23.0 Å². The topological polar surface area (TPSA) is 60.2 Å². The van der Waals surface area contributed by atoms with Gasteiger partial charge < -0.3 is 5.73 Å². The van der Waals surface area contributed by atoms with E-state index in [9.17, 15) is 35.9 Å². The van der Waals surface area contributed by atoms with Crippen molar-refractivity contribution < 1.29 is 35.9 Å². The highest BCUT2D eigenvalue weighted by molar-refractivity contribution is 5.94. The van der Waals surface area contributed by atoms with E-state index in [0.717, 1.165) is 0 Å². The maximum atomic E-state index is 13.0. The van der Waals surface area contributed by atoms with Crippen LogP contribution in [0.4, 0.5) is 26.3 Å². The monoisotopic (exact) mass is 395 g/mol. The fourth-order valence-electron chi connectivity index (χ4n) is 3.91. The second-order valence-corrected chi connectivity index (χ2v) is 7.20. The molecule has 150 valence electrons. The molecule has 0 aromatic heterocycles. The van der Waals surface area contributed by atoms with Gasteiger partial charge in [-0.3, -0.25) is 9.59 Å². The van der Waals surface area contributed by atoms with Crippen molar-refractivity contribution in [1.82, 2.24) is 0 Å². The average Bonchev–Trinajstić information content (AvgIpc) is 2.83. The summed E-state index contributed by atoms with van der Waals surface area (Å²) in [5.74, 6) is -2.59. The molecule has 0 radical (unpaired) electrons. The van der Waals surface area contributed by atoms with E-state index in [-0.39, 0.29) is 36.2 Å². The Labute approximate surface area is 151 Å². The van der Waals surface area contributed by atoms with E-state index in [0.29, 0.717) is 12.1 Å². The highest BCUT2D eigenvalue weighted by atomic mass is 19.4. The van der Waals surface area contributed by atoms with Gasteiger partial charge in [-0.2, -0.15) is 26.3 Å². The van der Waals surface area contributed by atoms with Crippen LogP contribution in [0.1, 0.15) is 43.4 Å². The highest BCUT2D eigenvalue weighted by Crippen LogP contribution is 2.48. The summed E-state index contributed by atoms with van der Waals surface area (Å²) in [7, 11) is 0. The number of primary amides is 1. The molecule has 27 heavy (non-hydrogen) atoms. The van der Waals surface area contributed by atoms with Crippen molar-refractivity contribution in [1.29, 1.82) is 0 Å². The number of halogens is 6. The van der Waals surface area contributed by atoms with Gasteiger partial charge in [0, 0.05) is 12.3 Å². The predicted octanol–water partition coefficient (Wildman–Crippen LogP) is 4.37. The summed E-state index contributed by atoms with van der Waals surface area (Å²) in [6.07, 6.45) is -10.2. The molecule has 1 aromatic carbocycles. The van der Waals surface area contributed by atoms with Gasteiger partial charge in [0.1, 0.15) is 5.78 Å². The Morgan fingerprint density at radius 1 is 1.11 bits per heavy atom. The molecule has 0 spiro atoms. The van der Waals surface area contributed by atoms with Crippen LogP contribution in [0, 0.1) is 17.3 Å². The smallest absolute Gasteiger partial charge is 0.369 e. The number of alkyl halides is 6. The first-order chi connectivity index (χ1) is 12.2. The van der Waals surface area contributed by atoms with Crippen molar-refractivity contribution in [3.8, 4) is 0 Å².